The Balaban J connectivity index is 1.94. The van der Waals surface area contributed by atoms with Crippen LogP contribution in [-0.2, 0) is 0 Å². The van der Waals surface area contributed by atoms with Crippen molar-refractivity contribution in [3.8, 4) is 0 Å². The Hall–Kier alpha value is -0.0400. The van der Waals surface area contributed by atoms with Crippen LogP contribution in [0.3, 0.4) is 0 Å². The quantitative estimate of drug-likeness (QED) is 0.559. The highest BCUT2D eigenvalue weighted by Gasteiger charge is 2.61. The lowest BCUT2D eigenvalue weighted by atomic mass is 9.83. The maximum Gasteiger partial charge on any atom is 0.0238 e. The molecule has 0 aromatic carbocycles. The van der Waals surface area contributed by atoms with Crippen molar-refractivity contribution in [3.63, 3.8) is 0 Å². The third-order valence-corrected chi connectivity index (χ3v) is 4.37. The summed E-state index contributed by atoms with van der Waals surface area (Å²) in [5, 5.41) is 3.78. The summed E-state index contributed by atoms with van der Waals surface area (Å²) in [6.45, 7) is 1.29. The Bertz CT molecular complexity index is 170. The molecule has 0 radical (unpaired) electrons. The van der Waals surface area contributed by atoms with Gasteiger partial charge in [0.15, 0.2) is 0 Å². The van der Waals surface area contributed by atoms with Crippen LogP contribution in [0.25, 0.3) is 0 Å². The SMILES string of the molecule is C1CNC2(C1)CCCC21CC1. The predicted molar refractivity (Wildman–Crippen MR) is 45.5 cm³/mol. The zero-order valence-corrected chi connectivity index (χ0v) is 7.16. The van der Waals surface area contributed by atoms with Gasteiger partial charge in [0, 0.05) is 5.54 Å². The molecule has 2 saturated carbocycles. The lowest BCUT2D eigenvalue weighted by Crippen LogP contribution is -2.44. The van der Waals surface area contributed by atoms with Crippen LogP contribution < -0.4 is 5.32 Å². The van der Waals surface area contributed by atoms with Crippen molar-refractivity contribution in [2.45, 2.75) is 50.5 Å². The van der Waals surface area contributed by atoms with Crippen LogP contribution in [0.15, 0.2) is 0 Å². The van der Waals surface area contributed by atoms with Gasteiger partial charge in [0.05, 0.1) is 0 Å². The summed E-state index contributed by atoms with van der Waals surface area (Å²) in [4.78, 5) is 0. The molecule has 1 N–H and O–H groups in total. The molecule has 0 amide bonds. The van der Waals surface area contributed by atoms with Gasteiger partial charge in [0.25, 0.3) is 0 Å². The molecule has 2 spiro atoms. The number of rotatable bonds is 0. The summed E-state index contributed by atoms with van der Waals surface area (Å²) in [6, 6.07) is 0. The molecule has 62 valence electrons. The third-order valence-electron chi connectivity index (χ3n) is 4.37. The normalized spacial score (nSPS) is 45.8. The second-order valence-electron chi connectivity index (χ2n) is 4.75. The fourth-order valence-electron chi connectivity index (χ4n) is 3.58. The topological polar surface area (TPSA) is 12.0 Å². The minimum atomic E-state index is 0.646. The van der Waals surface area contributed by atoms with Gasteiger partial charge in [0.1, 0.15) is 0 Å². The van der Waals surface area contributed by atoms with E-state index in [1.54, 1.807) is 0 Å². The van der Waals surface area contributed by atoms with Crippen LogP contribution >= 0.6 is 0 Å². The molecule has 11 heavy (non-hydrogen) atoms. The van der Waals surface area contributed by atoms with Crippen LogP contribution in [-0.4, -0.2) is 12.1 Å². The first-order valence-corrected chi connectivity index (χ1v) is 5.12. The maximum absolute atomic E-state index is 3.78. The van der Waals surface area contributed by atoms with Gasteiger partial charge in [-0.1, -0.05) is 6.42 Å². The molecule has 0 aromatic rings. The molecule has 1 nitrogen and oxygen atoms in total. The van der Waals surface area contributed by atoms with Gasteiger partial charge in [-0.05, 0) is 50.5 Å². The van der Waals surface area contributed by atoms with E-state index in [2.05, 4.69) is 5.32 Å². The van der Waals surface area contributed by atoms with Crippen molar-refractivity contribution in [3.05, 3.63) is 0 Å². The highest BCUT2D eigenvalue weighted by atomic mass is 15.1. The molecular weight excluding hydrogens is 134 g/mol. The van der Waals surface area contributed by atoms with Gasteiger partial charge in [0.2, 0.25) is 0 Å². The van der Waals surface area contributed by atoms with Gasteiger partial charge in [-0.25, -0.2) is 0 Å². The van der Waals surface area contributed by atoms with E-state index < -0.39 is 0 Å². The van der Waals surface area contributed by atoms with Gasteiger partial charge < -0.3 is 5.32 Å². The maximum atomic E-state index is 3.78. The van der Waals surface area contributed by atoms with E-state index in [-0.39, 0.29) is 0 Å². The van der Waals surface area contributed by atoms with Gasteiger partial charge in [-0.3, -0.25) is 0 Å². The highest BCUT2D eigenvalue weighted by Crippen LogP contribution is 2.65. The van der Waals surface area contributed by atoms with Crippen molar-refractivity contribution in [1.82, 2.24) is 5.32 Å². The average Bonchev–Trinajstić information content (AvgIpc) is 2.55. The first-order chi connectivity index (χ1) is 5.37. The zero-order valence-electron chi connectivity index (χ0n) is 7.16. The number of nitrogens with one attached hydrogen (secondary N) is 1. The molecule has 1 unspecified atom stereocenters. The van der Waals surface area contributed by atoms with Crippen molar-refractivity contribution < 1.29 is 0 Å². The molecule has 1 heterocycles. The first kappa shape index (κ1) is 6.47. The van der Waals surface area contributed by atoms with Crippen molar-refractivity contribution >= 4 is 0 Å². The Morgan fingerprint density at radius 1 is 0.818 bits per heavy atom. The van der Waals surface area contributed by atoms with E-state index in [0.717, 1.165) is 5.41 Å². The average molecular weight is 151 g/mol. The van der Waals surface area contributed by atoms with E-state index in [1.807, 2.05) is 0 Å². The summed E-state index contributed by atoms with van der Waals surface area (Å²) in [7, 11) is 0. The molecule has 1 atom stereocenters. The largest absolute Gasteiger partial charge is 0.311 e. The van der Waals surface area contributed by atoms with Crippen LogP contribution in [0.4, 0.5) is 0 Å². The number of fused-ring (bicyclic) bond motifs is 1. The van der Waals surface area contributed by atoms with E-state index in [0.29, 0.717) is 5.54 Å². The van der Waals surface area contributed by atoms with Crippen molar-refractivity contribution in [1.29, 1.82) is 0 Å². The van der Waals surface area contributed by atoms with Gasteiger partial charge >= 0.3 is 0 Å². The summed E-state index contributed by atoms with van der Waals surface area (Å²) in [5.74, 6) is 0. The highest BCUT2D eigenvalue weighted by molar-refractivity contribution is 5.17. The minimum absolute atomic E-state index is 0.646. The van der Waals surface area contributed by atoms with E-state index >= 15 is 0 Å². The minimum Gasteiger partial charge on any atom is -0.311 e. The lowest BCUT2D eigenvalue weighted by molar-refractivity contribution is 0.258. The Labute approximate surface area is 68.6 Å². The Morgan fingerprint density at radius 2 is 1.64 bits per heavy atom. The summed E-state index contributed by atoms with van der Waals surface area (Å²) in [5.41, 5.74) is 1.45. The molecule has 0 aromatic heterocycles. The Morgan fingerprint density at radius 3 is 2.27 bits per heavy atom. The number of hydrogen-bond donors (Lipinski definition) is 1. The summed E-state index contributed by atoms with van der Waals surface area (Å²) in [6.07, 6.45) is 10.5. The molecule has 1 aliphatic heterocycles. The van der Waals surface area contributed by atoms with Gasteiger partial charge in [-0.2, -0.15) is 0 Å². The zero-order chi connectivity index (χ0) is 7.36. The second-order valence-corrected chi connectivity index (χ2v) is 4.75. The fraction of sp³-hybridized carbons (Fsp3) is 1.00. The molecule has 1 saturated heterocycles. The van der Waals surface area contributed by atoms with Crippen LogP contribution in [0.2, 0.25) is 0 Å². The fourth-order valence-corrected chi connectivity index (χ4v) is 3.58. The molecule has 1 heteroatoms. The van der Waals surface area contributed by atoms with E-state index in [4.69, 9.17) is 0 Å². The standard InChI is InChI=1S/C10H17N/c1-3-9(6-7-9)10(4-1)5-2-8-11-10/h11H,1-8H2. The molecule has 0 bridgehead atoms. The summed E-state index contributed by atoms with van der Waals surface area (Å²) < 4.78 is 0. The third kappa shape index (κ3) is 0.658. The van der Waals surface area contributed by atoms with Crippen LogP contribution in [0, 0.1) is 5.41 Å². The molecule has 3 aliphatic rings. The molecular formula is C10H17N. The van der Waals surface area contributed by atoms with Crippen molar-refractivity contribution in [2.75, 3.05) is 6.54 Å². The van der Waals surface area contributed by atoms with E-state index in [9.17, 15) is 0 Å². The first-order valence-electron chi connectivity index (χ1n) is 5.12. The smallest absolute Gasteiger partial charge is 0.0238 e. The van der Waals surface area contributed by atoms with Crippen LogP contribution in [0.1, 0.15) is 44.9 Å². The van der Waals surface area contributed by atoms with Gasteiger partial charge in [-0.15, -0.1) is 0 Å². The predicted octanol–water partition coefficient (Wildman–Crippen LogP) is 2.07. The van der Waals surface area contributed by atoms with Crippen LogP contribution in [0.5, 0.6) is 0 Å². The lowest BCUT2D eigenvalue weighted by Gasteiger charge is -2.31. The van der Waals surface area contributed by atoms with E-state index in [1.165, 1.54) is 51.5 Å². The van der Waals surface area contributed by atoms with Crippen molar-refractivity contribution in [2.24, 2.45) is 5.41 Å². The second kappa shape index (κ2) is 1.82. The summed E-state index contributed by atoms with van der Waals surface area (Å²) >= 11 is 0. The molecule has 3 fully saturated rings. The molecule has 3 rings (SSSR count). The number of hydrogen-bond acceptors (Lipinski definition) is 1. The Kier molecular flexibility index (Phi) is 1.07. The molecule has 2 aliphatic carbocycles. The monoisotopic (exact) mass is 151 g/mol.